The van der Waals surface area contributed by atoms with E-state index in [4.69, 9.17) is 0 Å². The molecular formula is C15H21F4NS. The molecule has 1 N–H and O–H groups in total. The van der Waals surface area contributed by atoms with E-state index in [-0.39, 0.29) is 12.1 Å². The molecule has 1 nitrogen and oxygen atoms in total. The van der Waals surface area contributed by atoms with Crippen molar-refractivity contribution in [1.29, 1.82) is 0 Å². The predicted octanol–water partition coefficient (Wildman–Crippen LogP) is 4.86. The number of nitrogens with one attached hydrogen (secondary N) is 1. The van der Waals surface area contributed by atoms with Crippen LogP contribution in [0.25, 0.3) is 0 Å². The zero-order chi connectivity index (χ0) is 15.7. The summed E-state index contributed by atoms with van der Waals surface area (Å²) in [6.07, 6.45) is 1.89. The number of hydrogen-bond donors (Lipinski definition) is 1. The van der Waals surface area contributed by atoms with Crippen LogP contribution in [0.3, 0.4) is 0 Å². The lowest BCUT2D eigenvalue weighted by atomic mass is 10.1. The third-order valence-corrected chi connectivity index (χ3v) is 3.84. The Morgan fingerprint density at radius 3 is 2.48 bits per heavy atom. The smallest absolute Gasteiger partial charge is 0.313 e. The minimum atomic E-state index is -4.52. The monoisotopic (exact) mass is 323 g/mol. The summed E-state index contributed by atoms with van der Waals surface area (Å²) in [6.45, 7) is 0.786. The van der Waals surface area contributed by atoms with E-state index < -0.39 is 17.6 Å². The second kappa shape index (κ2) is 9.30. The zero-order valence-electron chi connectivity index (χ0n) is 12.1. The molecule has 0 aliphatic heterocycles. The van der Waals surface area contributed by atoms with Crippen LogP contribution in [-0.2, 0) is 12.7 Å². The fourth-order valence-electron chi connectivity index (χ4n) is 2.04. The Bertz CT molecular complexity index is 421. The van der Waals surface area contributed by atoms with Crippen molar-refractivity contribution < 1.29 is 17.6 Å². The fourth-order valence-corrected chi connectivity index (χ4v) is 2.53. The van der Waals surface area contributed by atoms with Crippen molar-refractivity contribution in [2.75, 3.05) is 18.6 Å². The molecule has 0 saturated heterocycles. The Balaban J connectivity index is 2.35. The van der Waals surface area contributed by atoms with Crippen molar-refractivity contribution in [3.63, 3.8) is 0 Å². The maximum absolute atomic E-state index is 12.9. The average Bonchev–Trinajstić information content (AvgIpc) is 2.42. The van der Waals surface area contributed by atoms with E-state index in [1.165, 1.54) is 12.5 Å². The predicted molar refractivity (Wildman–Crippen MR) is 80.0 cm³/mol. The lowest BCUT2D eigenvalue weighted by molar-refractivity contribution is -0.138. The van der Waals surface area contributed by atoms with E-state index in [1.807, 2.05) is 11.8 Å². The van der Waals surface area contributed by atoms with E-state index in [0.717, 1.165) is 31.1 Å². The molecule has 6 heteroatoms. The van der Waals surface area contributed by atoms with Crippen molar-refractivity contribution in [2.45, 2.75) is 38.4 Å². The average molecular weight is 323 g/mol. The maximum Gasteiger partial charge on any atom is 0.416 e. The van der Waals surface area contributed by atoms with Crippen LogP contribution >= 0.6 is 11.8 Å². The van der Waals surface area contributed by atoms with Crippen molar-refractivity contribution in [2.24, 2.45) is 0 Å². The topological polar surface area (TPSA) is 12.0 Å². The van der Waals surface area contributed by atoms with E-state index in [9.17, 15) is 17.6 Å². The second-order valence-corrected chi connectivity index (χ2v) is 5.87. The summed E-state index contributed by atoms with van der Waals surface area (Å²) >= 11 is 1.82. The molecule has 0 aliphatic rings. The van der Waals surface area contributed by atoms with Crippen LogP contribution in [0, 0.1) is 5.82 Å². The van der Waals surface area contributed by atoms with Crippen molar-refractivity contribution >= 4 is 11.8 Å². The molecule has 0 radical (unpaired) electrons. The molecule has 120 valence electrons. The Labute approximate surface area is 127 Å². The van der Waals surface area contributed by atoms with Crippen LogP contribution in [0.2, 0.25) is 0 Å². The van der Waals surface area contributed by atoms with E-state index in [0.29, 0.717) is 12.6 Å². The van der Waals surface area contributed by atoms with Gasteiger partial charge in [0.1, 0.15) is 5.82 Å². The molecule has 0 atom stereocenters. The summed E-state index contributed by atoms with van der Waals surface area (Å²) in [5, 5.41) is 3.00. The quantitative estimate of drug-likeness (QED) is 0.514. The number of rotatable bonds is 9. The van der Waals surface area contributed by atoms with E-state index in [2.05, 4.69) is 11.6 Å². The van der Waals surface area contributed by atoms with Crippen LogP contribution in [0.15, 0.2) is 18.2 Å². The summed E-state index contributed by atoms with van der Waals surface area (Å²) in [5.41, 5.74) is -0.804. The summed E-state index contributed by atoms with van der Waals surface area (Å²) in [5.74, 6) is 0.290. The molecular weight excluding hydrogens is 302 g/mol. The van der Waals surface area contributed by atoms with Gasteiger partial charge in [-0.15, -0.1) is 0 Å². The third kappa shape index (κ3) is 7.18. The molecule has 0 aliphatic carbocycles. The summed E-state index contributed by atoms with van der Waals surface area (Å²) in [6, 6.07) is 2.82. The minimum Gasteiger partial charge on any atom is -0.313 e. The fraction of sp³-hybridized carbons (Fsp3) is 0.600. The molecule has 0 amide bonds. The number of alkyl halides is 3. The zero-order valence-corrected chi connectivity index (χ0v) is 12.9. The molecule has 1 aromatic rings. The van der Waals surface area contributed by atoms with Gasteiger partial charge in [-0.25, -0.2) is 4.39 Å². The highest BCUT2D eigenvalue weighted by Crippen LogP contribution is 2.32. The molecule has 21 heavy (non-hydrogen) atoms. The highest BCUT2D eigenvalue weighted by Gasteiger charge is 2.33. The molecule has 0 aromatic heterocycles. The molecule has 0 saturated carbocycles. The Hall–Kier alpha value is -0.750. The van der Waals surface area contributed by atoms with Crippen LogP contribution in [-0.4, -0.2) is 18.6 Å². The van der Waals surface area contributed by atoms with Crippen molar-refractivity contribution in [3.8, 4) is 0 Å². The van der Waals surface area contributed by atoms with Gasteiger partial charge in [-0.1, -0.05) is 18.9 Å². The van der Waals surface area contributed by atoms with Gasteiger partial charge in [0.15, 0.2) is 0 Å². The van der Waals surface area contributed by atoms with Gasteiger partial charge in [0.25, 0.3) is 0 Å². The Morgan fingerprint density at radius 1 is 1.10 bits per heavy atom. The molecule has 0 unspecified atom stereocenters. The lowest BCUT2D eigenvalue weighted by Crippen LogP contribution is -2.18. The van der Waals surface area contributed by atoms with Gasteiger partial charge in [0.05, 0.1) is 5.56 Å². The first-order valence-corrected chi connectivity index (χ1v) is 8.40. The molecule has 1 aromatic carbocycles. The summed E-state index contributed by atoms with van der Waals surface area (Å²) in [4.78, 5) is 0. The third-order valence-electron chi connectivity index (χ3n) is 3.14. The number of thioether (sulfide) groups is 1. The highest BCUT2D eigenvalue weighted by atomic mass is 32.2. The molecule has 0 spiro atoms. The normalized spacial score (nSPS) is 11.9. The van der Waals surface area contributed by atoms with Gasteiger partial charge in [0.2, 0.25) is 0 Å². The molecule has 0 heterocycles. The highest BCUT2D eigenvalue weighted by molar-refractivity contribution is 7.98. The molecule has 0 bridgehead atoms. The van der Waals surface area contributed by atoms with Gasteiger partial charge in [-0.3, -0.25) is 0 Å². The van der Waals surface area contributed by atoms with Crippen molar-refractivity contribution in [1.82, 2.24) is 5.32 Å². The summed E-state index contributed by atoms with van der Waals surface area (Å²) in [7, 11) is 0. The SMILES string of the molecule is CSCCCCCCNCc1ccc(F)cc1C(F)(F)F. The van der Waals surface area contributed by atoms with Crippen LogP contribution < -0.4 is 5.32 Å². The largest absolute Gasteiger partial charge is 0.416 e. The first kappa shape index (κ1) is 18.3. The maximum atomic E-state index is 12.9. The van der Waals surface area contributed by atoms with Crippen LogP contribution in [0.1, 0.15) is 36.8 Å². The first-order valence-electron chi connectivity index (χ1n) is 7.00. The number of unbranched alkanes of at least 4 members (excludes halogenated alkanes) is 3. The first-order chi connectivity index (χ1) is 9.95. The lowest BCUT2D eigenvalue weighted by Gasteiger charge is -2.13. The molecule has 0 fully saturated rings. The van der Waals surface area contributed by atoms with Crippen LogP contribution in [0.5, 0.6) is 0 Å². The van der Waals surface area contributed by atoms with E-state index in [1.54, 1.807) is 0 Å². The van der Waals surface area contributed by atoms with Crippen molar-refractivity contribution in [3.05, 3.63) is 35.1 Å². The minimum absolute atomic E-state index is 0.0892. The van der Waals surface area contributed by atoms with Gasteiger partial charge in [-0.2, -0.15) is 24.9 Å². The number of benzene rings is 1. The van der Waals surface area contributed by atoms with Crippen LogP contribution in [0.4, 0.5) is 17.6 Å². The van der Waals surface area contributed by atoms with Gasteiger partial charge in [-0.05, 0) is 49.1 Å². The van der Waals surface area contributed by atoms with Gasteiger partial charge >= 0.3 is 6.18 Å². The van der Waals surface area contributed by atoms with Gasteiger partial charge in [0, 0.05) is 6.54 Å². The molecule has 1 rings (SSSR count). The summed E-state index contributed by atoms with van der Waals surface area (Å²) < 4.78 is 51.3. The second-order valence-electron chi connectivity index (χ2n) is 4.88. The number of halogens is 4. The van der Waals surface area contributed by atoms with E-state index >= 15 is 0 Å². The Morgan fingerprint density at radius 2 is 1.81 bits per heavy atom. The number of hydrogen-bond acceptors (Lipinski definition) is 2. The standard InChI is InChI=1S/C15H21F4NS/c1-21-9-5-3-2-4-8-20-11-12-6-7-13(16)10-14(12)15(17,18)19/h6-7,10,20H,2-5,8-9,11H2,1H3. The Kier molecular flexibility index (Phi) is 8.11. The van der Waals surface area contributed by atoms with Gasteiger partial charge < -0.3 is 5.32 Å².